The molecule has 2 nitrogen and oxygen atoms in total. The van der Waals surface area contributed by atoms with Crippen LogP contribution in [-0.4, -0.2) is 15.7 Å². The Hall–Kier alpha value is -0.610. The quantitative estimate of drug-likeness (QED) is 0.171. The molecule has 0 aromatic carbocycles. The van der Waals surface area contributed by atoms with Crippen molar-refractivity contribution in [3.8, 4) is 0 Å². The number of rotatable bonds is 17. The summed E-state index contributed by atoms with van der Waals surface area (Å²) >= 11 is 6.86. The first-order chi connectivity index (χ1) is 12.7. The van der Waals surface area contributed by atoms with Crippen molar-refractivity contribution in [3.05, 3.63) is 24.0 Å². The largest absolute Gasteiger partial charge is 0.388 e. The standard InChI is InChI=1S/C22H38N2S2/c1-2-3-4-5-6-7-8-9-10-11-12-13-14-15-18-26-20-16-17-24-21(19-20)22(23)25/h16-17,19H,2-15,18H2,1H3,(H2,23,25). The highest BCUT2D eigenvalue weighted by Crippen LogP contribution is 2.20. The predicted octanol–water partition coefficient (Wildman–Crippen LogP) is 7.29. The molecule has 0 saturated carbocycles. The van der Waals surface area contributed by atoms with Gasteiger partial charge >= 0.3 is 0 Å². The average Bonchev–Trinajstić information content (AvgIpc) is 2.65. The number of pyridine rings is 1. The van der Waals surface area contributed by atoms with Gasteiger partial charge in [-0.05, 0) is 24.3 Å². The fourth-order valence-corrected chi connectivity index (χ4v) is 4.17. The molecule has 0 spiro atoms. The molecule has 1 heterocycles. The van der Waals surface area contributed by atoms with Gasteiger partial charge in [-0.3, -0.25) is 4.98 Å². The van der Waals surface area contributed by atoms with Crippen molar-refractivity contribution in [2.75, 3.05) is 5.75 Å². The van der Waals surface area contributed by atoms with Crippen LogP contribution in [0, 0.1) is 0 Å². The Labute approximate surface area is 171 Å². The summed E-state index contributed by atoms with van der Waals surface area (Å²) in [5.74, 6) is 1.17. The lowest BCUT2D eigenvalue weighted by Crippen LogP contribution is -2.11. The zero-order chi connectivity index (χ0) is 18.9. The molecular formula is C22H38N2S2. The van der Waals surface area contributed by atoms with Crippen molar-refractivity contribution in [3.63, 3.8) is 0 Å². The van der Waals surface area contributed by atoms with E-state index in [1.807, 2.05) is 23.9 Å². The van der Waals surface area contributed by atoms with E-state index >= 15 is 0 Å². The van der Waals surface area contributed by atoms with Crippen molar-refractivity contribution in [1.82, 2.24) is 4.98 Å². The number of nitrogens with zero attached hydrogens (tertiary/aromatic N) is 1. The van der Waals surface area contributed by atoms with Crippen molar-refractivity contribution < 1.29 is 0 Å². The molecule has 1 aromatic heterocycles. The molecular weight excluding hydrogens is 356 g/mol. The molecule has 1 rings (SSSR count). The maximum atomic E-state index is 5.63. The van der Waals surface area contributed by atoms with Gasteiger partial charge in [-0.25, -0.2) is 0 Å². The van der Waals surface area contributed by atoms with Crippen LogP contribution in [-0.2, 0) is 0 Å². The molecule has 0 unspecified atom stereocenters. The molecule has 0 aliphatic heterocycles. The second-order valence-corrected chi connectivity index (χ2v) is 8.79. The molecule has 2 N–H and O–H groups in total. The monoisotopic (exact) mass is 394 g/mol. The van der Waals surface area contributed by atoms with Gasteiger partial charge in [-0.1, -0.05) is 103 Å². The number of hydrogen-bond donors (Lipinski definition) is 1. The van der Waals surface area contributed by atoms with Crippen LogP contribution in [0.2, 0.25) is 0 Å². The first-order valence-corrected chi connectivity index (χ1v) is 12.0. The average molecular weight is 395 g/mol. The molecule has 0 aliphatic carbocycles. The van der Waals surface area contributed by atoms with E-state index in [0.29, 0.717) is 4.99 Å². The Morgan fingerprint density at radius 2 is 1.38 bits per heavy atom. The topological polar surface area (TPSA) is 38.9 Å². The van der Waals surface area contributed by atoms with Crippen molar-refractivity contribution in [1.29, 1.82) is 0 Å². The second-order valence-electron chi connectivity index (χ2n) is 7.19. The smallest absolute Gasteiger partial charge is 0.122 e. The number of thiocarbonyl (C=S) groups is 1. The lowest BCUT2D eigenvalue weighted by atomic mass is 10.0. The summed E-state index contributed by atoms with van der Waals surface area (Å²) in [5, 5.41) is 0. The third-order valence-electron chi connectivity index (χ3n) is 4.75. The van der Waals surface area contributed by atoms with Crippen LogP contribution in [0.1, 0.15) is 103 Å². The van der Waals surface area contributed by atoms with Crippen LogP contribution < -0.4 is 5.73 Å². The van der Waals surface area contributed by atoms with Gasteiger partial charge in [0.2, 0.25) is 0 Å². The van der Waals surface area contributed by atoms with E-state index < -0.39 is 0 Å². The Morgan fingerprint density at radius 1 is 0.885 bits per heavy atom. The highest BCUT2D eigenvalue weighted by molar-refractivity contribution is 7.99. The molecule has 0 bridgehead atoms. The van der Waals surface area contributed by atoms with E-state index in [4.69, 9.17) is 18.0 Å². The summed E-state index contributed by atoms with van der Waals surface area (Å²) in [6.45, 7) is 2.29. The number of unbranched alkanes of at least 4 members (excludes halogenated alkanes) is 13. The van der Waals surface area contributed by atoms with Crippen molar-refractivity contribution in [2.24, 2.45) is 5.73 Å². The molecule has 0 radical (unpaired) electrons. The summed E-state index contributed by atoms with van der Waals surface area (Å²) in [7, 11) is 0. The second kappa shape index (κ2) is 16.6. The Balaban J connectivity index is 1.85. The Morgan fingerprint density at radius 3 is 1.88 bits per heavy atom. The normalized spacial score (nSPS) is 11.0. The van der Waals surface area contributed by atoms with Crippen LogP contribution >= 0.6 is 24.0 Å². The number of nitrogens with two attached hydrogens (primary N) is 1. The molecule has 4 heteroatoms. The summed E-state index contributed by atoms with van der Waals surface area (Å²) in [4.78, 5) is 5.78. The maximum Gasteiger partial charge on any atom is 0.122 e. The van der Waals surface area contributed by atoms with Gasteiger partial charge in [0.05, 0.1) is 5.69 Å². The number of thioether (sulfide) groups is 1. The van der Waals surface area contributed by atoms with Gasteiger partial charge in [-0.15, -0.1) is 11.8 Å². The third kappa shape index (κ3) is 12.7. The molecule has 0 saturated heterocycles. The molecule has 1 aromatic rings. The Bertz CT molecular complexity index is 477. The third-order valence-corrected chi connectivity index (χ3v) is 6.04. The van der Waals surface area contributed by atoms with Gasteiger partial charge in [-0.2, -0.15) is 0 Å². The molecule has 0 fully saturated rings. The van der Waals surface area contributed by atoms with E-state index in [-0.39, 0.29) is 0 Å². The zero-order valence-electron chi connectivity index (χ0n) is 16.7. The SMILES string of the molecule is CCCCCCCCCCCCCCCCSc1ccnc(C(N)=S)c1. The summed E-state index contributed by atoms with van der Waals surface area (Å²) < 4.78 is 0. The minimum atomic E-state index is 0.379. The Kier molecular flexibility index (Phi) is 14.9. The molecule has 0 amide bonds. The first kappa shape index (κ1) is 23.4. The summed E-state index contributed by atoms with van der Waals surface area (Å²) in [6, 6.07) is 4.03. The van der Waals surface area contributed by atoms with Crippen LogP contribution in [0.25, 0.3) is 0 Å². The van der Waals surface area contributed by atoms with E-state index in [1.165, 1.54) is 101 Å². The minimum absolute atomic E-state index is 0.379. The fraction of sp³-hybridized carbons (Fsp3) is 0.727. The van der Waals surface area contributed by atoms with E-state index in [9.17, 15) is 0 Å². The highest BCUT2D eigenvalue weighted by Gasteiger charge is 2.00. The van der Waals surface area contributed by atoms with Crippen LogP contribution in [0.5, 0.6) is 0 Å². The highest BCUT2D eigenvalue weighted by atomic mass is 32.2. The fourth-order valence-electron chi connectivity index (χ4n) is 3.12. The maximum absolute atomic E-state index is 5.63. The molecule has 26 heavy (non-hydrogen) atoms. The van der Waals surface area contributed by atoms with Gasteiger partial charge in [0.25, 0.3) is 0 Å². The van der Waals surface area contributed by atoms with Gasteiger partial charge in [0.15, 0.2) is 0 Å². The summed E-state index contributed by atoms with van der Waals surface area (Å²) in [5.41, 5.74) is 6.36. The van der Waals surface area contributed by atoms with E-state index in [1.54, 1.807) is 6.20 Å². The van der Waals surface area contributed by atoms with Crippen LogP contribution in [0.15, 0.2) is 23.2 Å². The predicted molar refractivity (Wildman–Crippen MR) is 121 cm³/mol. The van der Waals surface area contributed by atoms with Crippen molar-refractivity contribution >= 4 is 29.0 Å². The van der Waals surface area contributed by atoms with Crippen LogP contribution in [0.4, 0.5) is 0 Å². The van der Waals surface area contributed by atoms with Gasteiger partial charge < -0.3 is 5.73 Å². The van der Waals surface area contributed by atoms with Gasteiger partial charge in [0.1, 0.15) is 4.99 Å². The van der Waals surface area contributed by atoms with E-state index in [0.717, 1.165) is 5.69 Å². The molecule has 148 valence electrons. The number of hydrogen-bond acceptors (Lipinski definition) is 3. The lowest BCUT2D eigenvalue weighted by molar-refractivity contribution is 0.538. The first-order valence-electron chi connectivity index (χ1n) is 10.6. The summed E-state index contributed by atoms with van der Waals surface area (Å²) in [6.07, 6.45) is 21.5. The minimum Gasteiger partial charge on any atom is -0.388 e. The lowest BCUT2D eigenvalue weighted by Gasteiger charge is -2.04. The van der Waals surface area contributed by atoms with Crippen molar-refractivity contribution in [2.45, 2.75) is 102 Å². The molecule has 0 aliphatic rings. The number of aromatic nitrogens is 1. The molecule has 0 atom stereocenters. The van der Waals surface area contributed by atoms with Gasteiger partial charge in [0, 0.05) is 11.1 Å². The zero-order valence-corrected chi connectivity index (χ0v) is 18.3. The van der Waals surface area contributed by atoms with E-state index in [2.05, 4.69) is 11.9 Å². The van der Waals surface area contributed by atoms with Crippen LogP contribution in [0.3, 0.4) is 0 Å².